The van der Waals surface area contributed by atoms with Gasteiger partial charge in [0.1, 0.15) is 0 Å². The summed E-state index contributed by atoms with van der Waals surface area (Å²) >= 11 is 4.97. The quantitative estimate of drug-likeness (QED) is 0.843. The molecule has 1 aromatic rings. The van der Waals surface area contributed by atoms with E-state index >= 15 is 0 Å². The summed E-state index contributed by atoms with van der Waals surface area (Å²) in [5.74, 6) is 0.794. The molecule has 0 N–H and O–H groups in total. The Labute approximate surface area is 125 Å². The van der Waals surface area contributed by atoms with E-state index in [9.17, 15) is 4.79 Å². The number of ether oxygens (including phenoxy) is 1. The molecule has 19 heavy (non-hydrogen) atoms. The van der Waals surface area contributed by atoms with Crippen molar-refractivity contribution < 1.29 is 9.53 Å². The molecule has 0 aromatic heterocycles. The first kappa shape index (κ1) is 14.4. The number of rotatable bonds is 3. The summed E-state index contributed by atoms with van der Waals surface area (Å²) in [4.78, 5) is 17.7. The minimum atomic E-state index is -0.304. The summed E-state index contributed by atoms with van der Waals surface area (Å²) in [5, 5.41) is 0.751. The molecule has 0 atom stereocenters. The van der Waals surface area contributed by atoms with Crippen LogP contribution in [0.25, 0.3) is 0 Å². The van der Waals surface area contributed by atoms with Gasteiger partial charge in [0.2, 0.25) is 0 Å². The topological polar surface area (TPSA) is 41.9 Å². The minimum absolute atomic E-state index is 0.304. The number of carbonyl (C=O) groups excluding carboxylic acids is 1. The molecule has 0 spiro atoms. The van der Waals surface area contributed by atoms with Gasteiger partial charge in [0.05, 0.1) is 19.7 Å². The highest BCUT2D eigenvalue weighted by Crippen LogP contribution is 2.21. The maximum absolute atomic E-state index is 11.7. The molecule has 2 rings (SSSR count). The highest BCUT2D eigenvalue weighted by molar-refractivity contribution is 9.10. The summed E-state index contributed by atoms with van der Waals surface area (Å²) in [6.07, 6.45) is -0.304. The SMILES string of the molecule is CCOC(=O)N1CCN=C1SCc1ccc(Br)cc1. The molecule has 1 heterocycles. The molecule has 1 amide bonds. The Kier molecular flexibility index (Phi) is 5.27. The van der Waals surface area contributed by atoms with Crippen LogP contribution in [0.3, 0.4) is 0 Å². The maximum atomic E-state index is 11.7. The van der Waals surface area contributed by atoms with Crippen LogP contribution < -0.4 is 0 Å². The minimum Gasteiger partial charge on any atom is -0.449 e. The lowest BCUT2D eigenvalue weighted by Gasteiger charge is -2.16. The average Bonchev–Trinajstić information content (AvgIpc) is 2.87. The van der Waals surface area contributed by atoms with E-state index in [4.69, 9.17) is 4.74 Å². The fourth-order valence-electron chi connectivity index (χ4n) is 1.65. The van der Waals surface area contributed by atoms with Crippen LogP contribution in [-0.4, -0.2) is 35.9 Å². The monoisotopic (exact) mass is 342 g/mol. The molecular formula is C13H15BrN2O2S. The van der Waals surface area contributed by atoms with Crippen molar-refractivity contribution in [1.82, 2.24) is 4.90 Å². The van der Waals surface area contributed by atoms with Gasteiger partial charge in [0, 0.05) is 10.2 Å². The van der Waals surface area contributed by atoms with E-state index in [0.29, 0.717) is 19.7 Å². The predicted molar refractivity (Wildman–Crippen MR) is 81.5 cm³/mol. The number of nitrogens with zero attached hydrogens (tertiary/aromatic N) is 2. The average molecular weight is 343 g/mol. The zero-order valence-corrected chi connectivity index (χ0v) is 13.0. The third-order valence-electron chi connectivity index (χ3n) is 2.57. The Morgan fingerprint density at radius 3 is 2.89 bits per heavy atom. The summed E-state index contributed by atoms with van der Waals surface area (Å²) in [6, 6.07) is 8.13. The Balaban J connectivity index is 1.91. The van der Waals surface area contributed by atoms with Crippen LogP contribution in [0.1, 0.15) is 12.5 Å². The summed E-state index contributed by atoms with van der Waals surface area (Å²) in [6.45, 7) is 3.46. The number of hydrogen-bond donors (Lipinski definition) is 0. The molecule has 102 valence electrons. The number of aliphatic imine (C=N–C) groups is 1. The van der Waals surface area contributed by atoms with E-state index in [1.54, 1.807) is 23.6 Å². The van der Waals surface area contributed by atoms with E-state index < -0.39 is 0 Å². The first-order valence-corrected chi connectivity index (χ1v) is 7.84. The van der Waals surface area contributed by atoms with E-state index in [-0.39, 0.29) is 6.09 Å². The number of benzene rings is 1. The Hall–Kier alpha value is -1.01. The van der Waals surface area contributed by atoms with Crippen molar-refractivity contribution in [2.45, 2.75) is 12.7 Å². The van der Waals surface area contributed by atoms with Crippen molar-refractivity contribution in [3.63, 3.8) is 0 Å². The molecule has 0 saturated carbocycles. The van der Waals surface area contributed by atoms with Crippen LogP contribution in [0.5, 0.6) is 0 Å². The Morgan fingerprint density at radius 1 is 1.47 bits per heavy atom. The van der Waals surface area contributed by atoms with Gasteiger partial charge in [-0.15, -0.1) is 0 Å². The standard InChI is InChI=1S/C13H15BrN2O2S/c1-2-18-13(17)16-8-7-15-12(16)19-9-10-3-5-11(14)6-4-10/h3-6H,2,7-9H2,1H3. The Bertz CT molecular complexity index is 476. The molecule has 0 fully saturated rings. The zero-order chi connectivity index (χ0) is 13.7. The molecule has 6 heteroatoms. The number of amides is 1. The highest BCUT2D eigenvalue weighted by Gasteiger charge is 2.24. The van der Waals surface area contributed by atoms with Gasteiger partial charge in [-0.3, -0.25) is 9.89 Å². The highest BCUT2D eigenvalue weighted by atomic mass is 79.9. The van der Waals surface area contributed by atoms with Gasteiger partial charge in [-0.1, -0.05) is 39.8 Å². The second-order valence-electron chi connectivity index (χ2n) is 3.93. The van der Waals surface area contributed by atoms with E-state index in [2.05, 4.69) is 33.1 Å². The normalized spacial score (nSPS) is 14.4. The first-order valence-electron chi connectivity index (χ1n) is 6.06. The van der Waals surface area contributed by atoms with Gasteiger partial charge in [0.15, 0.2) is 5.17 Å². The van der Waals surface area contributed by atoms with Crippen LogP contribution in [0.4, 0.5) is 4.79 Å². The fraction of sp³-hybridized carbons (Fsp3) is 0.385. The number of carbonyl (C=O) groups is 1. The third kappa shape index (κ3) is 3.98. The molecule has 0 saturated heterocycles. The largest absolute Gasteiger partial charge is 0.449 e. The van der Waals surface area contributed by atoms with Crippen molar-refractivity contribution in [3.05, 3.63) is 34.3 Å². The molecule has 0 aliphatic carbocycles. The van der Waals surface area contributed by atoms with Crippen LogP contribution >= 0.6 is 27.7 Å². The molecular weight excluding hydrogens is 328 g/mol. The number of hydrogen-bond acceptors (Lipinski definition) is 4. The fourth-order valence-corrected chi connectivity index (χ4v) is 2.91. The van der Waals surface area contributed by atoms with E-state index in [1.807, 2.05) is 12.1 Å². The second-order valence-corrected chi connectivity index (χ2v) is 5.79. The van der Waals surface area contributed by atoms with E-state index in [0.717, 1.165) is 15.4 Å². The van der Waals surface area contributed by atoms with Gasteiger partial charge in [0.25, 0.3) is 0 Å². The lowest BCUT2D eigenvalue weighted by molar-refractivity contribution is 0.131. The van der Waals surface area contributed by atoms with Gasteiger partial charge in [-0.05, 0) is 24.6 Å². The first-order chi connectivity index (χ1) is 9.20. The Morgan fingerprint density at radius 2 is 2.21 bits per heavy atom. The zero-order valence-electron chi connectivity index (χ0n) is 10.6. The molecule has 0 bridgehead atoms. The van der Waals surface area contributed by atoms with Gasteiger partial charge < -0.3 is 4.74 Å². The van der Waals surface area contributed by atoms with E-state index in [1.165, 1.54) is 5.56 Å². The number of thioether (sulfide) groups is 1. The smallest absolute Gasteiger partial charge is 0.415 e. The molecule has 1 aliphatic heterocycles. The van der Waals surface area contributed by atoms with Crippen molar-refractivity contribution in [2.75, 3.05) is 19.7 Å². The van der Waals surface area contributed by atoms with Crippen molar-refractivity contribution in [2.24, 2.45) is 4.99 Å². The molecule has 1 aliphatic rings. The van der Waals surface area contributed by atoms with Crippen molar-refractivity contribution in [1.29, 1.82) is 0 Å². The number of amidine groups is 1. The lowest BCUT2D eigenvalue weighted by Crippen LogP contribution is -2.33. The van der Waals surface area contributed by atoms with Crippen LogP contribution in [-0.2, 0) is 10.5 Å². The number of halogens is 1. The second kappa shape index (κ2) is 6.96. The molecule has 1 aromatic carbocycles. The maximum Gasteiger partial charge on any atom is 0.415 e. The lowest BCUT2D eigenvalue weighted by atomic mass is 10.2. The molecule has 0 unspecified atom stereocenters. The predicted octanol–water partition coefficient (Wildman–Crippen LogP) is 3.51. The summed E-state index contributed by atoms with van der Waals surface area (Å²) < 4.78 is 6.07. The van der Waals surface area contributed by atoms with Gasteiger partial charge >= 0.3 is 6.09 Å². The summed E-state index contributed by atoms with van der Waals surface area (Å²) in [7, 11) is 0. The van der Waals surface area contributed by atoms with Crippen LogP contribution in [0.2, 0.25) is 0 Å². The van der Waals surface area contributed by atoms with Gasteiger partial charge in [-0.2, -0.15) is 0 Å². The third-order valence-corrected chi connectivity index (χ3v) is 4.18. The molecule has 0 radical (unpaired) electrons. The van der Waals surface area contributed by atoms with Crippen molar-refractivity contribution >= 4 is 39.0 Å². The van der Waals surface area contributed by atoms with Crippen LogP contribution in [0.15, 0.2) is 33.7 Å². The molecule has 4 nitrogen and oxygen atoms in total. The van der Waals surface area contributed by atoms with Crippen LogP contribution in [0, 0.1) is 0 Å². The van der Waals surface area contributed by atoms with Gasteiger partial charge in [-0.25, -0.2) is 4.79 Å². The summed E-state index contributed by atoms with van der Waals surface area (Å²) in [5.41, 5.74) is 1.20. The van der Waals surface area contributed by atoms with Crippen molar-refractivity contribution in [3.8, 4) is 0 Å².